The van der Waals surface area contributed by atoms with Gasteiger partial charge in [0.1, 0.15) is 5.60 Å². The third-order valence-electron chi connectivity index (χ3n) is 4.07. The van der Waals surface area contributed by atoms with Crippen molar-refractivity contribution in [2.45, 2.75) is 45.3 Å². The number of likely N-dealkylation sites (tertiary alicyclic amines) is 1. The van der Waals surface area contributed by atoms with Crippen LogP contribution >= 0.6 is 11.3 Å². The maximum absolute atomic E-state index is 12.3. The number of hydrogen-bond donors (Lipinski definition) is 0. The Morgan fingerprint density at radius 1 is 1.40 bits per heavy atom. The number of ether oxygens (including phenoxy) is 1. The standard InChI is InChI=1S/C20H22N2O2S/c1-20(2,3)24-19(23)22-10-4-5-16(22)7-8-17-12-15-11-14(13-21)6-9-18(15)25-17/h6-9,11-12,16H,4-5,10H2,1-3H3/t16-/m0/s1. The van der Waals surface area contributed by atoms with Crippen LogP contribution in [-0.4, -0.2) is 29.2 Å². The van der Waals surface area contributed by atoms with Crippen LogP contribution in [-0.2, 0) is 4.74 Å². The predicted molar refractivity (Wildman–Crippen MR) is 102 cm³/mol. The molecule has 1 saturated heterocycles. The number of fused-ring (bicyclic) bond motifs is 1. The van der Waals surface area contributed by atoms with Crippen molar-refractivity contribution in [1.29, 1.82) is 5.26 Å². The van der Waals surface area contributed by atoms with E-state index in [1.807, 2.05) is 43.9 Å². The van der Waals surface area contributed by atoms with E-state index in [0.29, 0.717) is 5.56 Å². The van der Waals surface area contributed by atoms with E-state index in [4.69, 9.17) is 10.00 Å². The molecule has 0 unspecified atom stereocenters. The molecule has 1 aliphatic rings. The largest absolute Gasteiger partial charge is 0.444 e. The van der Waals surface area contributed by atoms with Crippen LogP contribution in [0.4, 0.5) is 4.79 Å². The number of nitrogens with zero attached hydrogens (tertiary/aromatic N) is 2. The Kier molecular flexibility index (Phi) is 4.82. The fourth-order valence-electron chi connectivity index (χ4n) is 2.96. The van der Waals surface area contributed by atoms with Gasteiger partial charge in [0, 0.05) is 16.1 Å². The number of rotatable bonds is 2. The molecule has 0 spiro atoms. The van der Waals surface area contributed by atoms with E-state index in [9.17, 15) is 4.79 Å². The first-order valence-corrected chi connectivity index (χ1v) is 9.29. The van der Waals surface area contributed by atoms with Gasteiger partial charge in [-0.1, -0.05) is 6.08 Å². The lowest BCUT2D eigenvalue weighted by Crippen LogP contribution is -2.39. The molecule has 5 heteroatoms. The molecule has 0 N–H and O–H groups in total. The summed E-state index contributed by atoms with van der Waals surface area (Å²) in [7, 11) is 0. The lowest BCUT2D eigenvalue weighted by molar-refractivity contribution is 0.0256. The maximum atomic E-state index is 12.3. The first-order valence-electron chi connectivity index (χ1n) is 8.47. The van der Waals surface area contributed by atoms with Gasteiger partial charge < -0.3 is 9.64 Å². The second kappa shape index (κ2) is 6.89. The highest BCUT2D eigenvalue weighted by atomic mass is 32.1. The lowest BCUT2D eigenvalue weighted by Gasteiger charge is -2.27. The van der Waals surface area contributed by atoms with Crippen LogP contribution in [0.1, 0.15) is 44.1 Å². The van der Waals surface area contributed by atoms with Gasteiger partial charge >= 0.3 is 6.09 Å². The summed E-state index contributed by atoms with van der Waals surface area (Å²) in [5.74, 6) is 0. The minimum Gasteiger partial charge on any atom is -0.444 e. The average Bonchev–Trinajstić information content (AvgIpc) is 3.16. The van der Waals surface area contributed by atoms with Gasteiger partial charge in [-0.15, -0.1) is 11.3 Å². The summed E-state index contributed by atoms with van der Waals surface area (Å²) < 4.78 is 6.66. The molecule has 1 aromatic carbocycles. The second-order valence-electron chi connectivity index (χ2n) is 7.26. The zero-order valence-electron chi connectivity index (χ0n) is 14.8. The average molecular weight is 354 g/mol. The minimum atomic E-state index is -0.474. The molecule has 25 heavy (non-hydrogen) atoms. The lowest BCUT2D eigenvalue weighted by atomic mass is 10.1. The van der Waals surface area contributed by atoms with Gasteiger partial charge in [-0.05, 0) is 69.3 Å². The molecule has 2 heterocycles. The van der Waals surface area contributed by atoms with Gasteiger partial charge in [0.2, 0.25) is 0 Å². The van der Waals surface area contributed by atoms with E-state index in [1.54, 1.807) is 11.3 Å². The third-order valence-corrected chi connectivity index (χ3v) is 5.16. The van der Waals surface area contributed by atoms with Crippen molar-refractivity contribution in [1.82, 2.24) is 4.90 Å². The third kappa shape index (κ3) is 4.21. The Balaban J connectivity index is 1.74. The van der Waals surface area contributed by atoms with Crippen molar-refractivity contribution in [3.05, 3.63) is 40.8 Å². The molecular weight excluding hydrogens is 332 g/mol. The summed E-state index contributed by atoms with van der Waals surface area (Å²) >= 11 is 1.69. The van der Waals surface area contributed by atoms with Gasteiger partial charge in [0.25, 0.3) is 0 Å². The molecular formula is C20H22N2O2S. The molecule has 1 fully saturated rings. The SMILES string of the molecule is CC(C)(C)OC(=O)N1CCC[C@H]1C=Cc1cc2cc(C#N)ccc2s1. The Labute approximate surface area is 152 Å². The number of carbonyl (C=O) groups excluding carboxylic acids is 1. The maximum Gasteiger partial charge on any atom is 0.410 e. The number of nitriles is 1. The quantitative estimate of drug-likeness (QED) is 0.746. The molecule has 4 nitrogen and oxygen atoms in total. The zero-order valence-corrected chi connectivity index (χ0v) is 15.6. The highest BCUT2D eigenvalue weighted by molar-refractivity contribution is 7.19. The van der Waals surface area contributed by atoms with Crippen LogP contribution in [0.2, 0.25) is 0 Å². The number of thiophene rings is 1. The Morgan fingerprint density at radius 3 is 2.92 bits per heavy atom. The van der Waals surface area contributed by atoms with Crippen LogP contribution in [0.5, 0.6) is 0 Å². The Hall–Kier alpha value is -2.32. The van der Waals surface area contributed by atoms with Crippen molar-refractivity contribution in [2.24, 2.45) is 0 Å². The summed E-state index contributed by atoms with van der Waals surface area (Å²) in [5, 5.41) is 10.1. The van der Waals surface area contributed by atoms with E-state index >= 15 is 0 Å². The van der Waals surface area contributed by atoms with Crippen molar-refractivity contribution in [2.75, 3.05) is 6.54 Å². The first kappa shape index (κ1) is 17.5. The molecule has 1 aromatic heterocycles. The van der Waals surface area contributed by atoms with Crippen LogP contribution in [0.3, 0.4) is 0 Å². The van der Waals surface area contributed by atoms with Crippen molar-refractivity contribution in [3.8, 4) is 6.07 Å². The number of carbonyl (C=O) groups is 1. The van der Waals surface area contributed by atoms with Gasteiger partial charge in [-0.25, -0.2) is 4.79 Å². The Morgan fingerprint density at radius 2 is 2.20 bits per heavy atom. The summed E-state index contributed by atoms with van der Waals surface area (Å²) in [6.45, 7) is 6.40. The Bertz CT molecular complexity index is 855. The molecule has 0 bridgehead atoms. The van der Waals surface area contributed by atoms with Gasteiger partial charge in [-0.3, -0.25) is 0 Å². The van der Waals surface area contributed by atoms with E-state index < -0.39 is 5.60 Å². The van der Waals surface area contributed by atoms with Gasteiger partial charge in [-0.2, -0.15) is 5.26 Å². The molecule has 130 valence electrons. The van der Waals surface area contributed by atoms with Gasteiger partial charge in [0.05, 0.1) is 17.7 Å². The minimum absolute atomic E-state index is 0.0785. The van der Waals surface area contributed by atoms with Gasteiger partial charge in [0.15, 0.2) is 0 Å². The van der Waals surface area contributed by atoms with E-state index in [1.165, 1.54) is 0 Å². The van der Waals surface area contributed by atoms with Crippen LogP contribution < -0.4 is 0 Å². The van der Waals surface area contributed by atoms with E-state index in [2.05, 4.69) is 24.3 Å². The van der Waals surface area contributed by atoms with Crippen LogP contribution in [0.15, 0.2) is 30.3 Å². The molecule has 1 aliphatic heterocycles. The highest BCUT2D eigenvalue weighted by Crippen LogP contribution is 2.29. The van der Waals surface area contributed by atoms with E-state index in [-0.39, 0.29) is 12.1 Å². The van der Waals surface area contributed by atoms with Crippen LogP contribution in [0.25, 0.3) is 16.2 Å². The normalized spacial score (nSPS) is 18.0. The number of amides is 1. The van der Waals surface area contributed by atoms with Crippen molar-refractivity contribution in [3.63, 3.8) is 0 Å². The van der Waals surface area contributed by atoms with Crippen LogP contribution in [0, 0.1) is 11.3 Å². The fraction of sp³-hybridized carbons (Fsp3) is 0.400. The fourth-order valence-corrected chi connectivity index (χ4v) is 3.92. The molecule has 1 atom stereocenters. The summed E-state index contributed by atoms with van der Waals surface area (Å²) in [6, 6.07) is 10.1. The number of benzene rings is 1. The zero-order chi connectivity index (χ0) is 18.0. The molecule has 0 radical (unpaired) electrons. The smallest absolute Gasteiger partial charge is 0.410 e. The topological polar surface area (TPSA) is 53.3 Å². The monoisotopic (exact) mass is 354 g/mol. The van der Waals surface area contributed by atoms with E-state index in [0.717, 1.165) is 34.3 Å². The predicted octanol–water partition coefficient (Wildman–Crippen LogP) is 5.19. The molecule has 1 amide bonds. The summed E-state index contributed by atoms with van der Waals surface area (Å²) in [4.78, 5) is 15.3. The molecule has 0 aliphatic carbocycles. The van der Waals surface area contributed by atoms with Crippen molar-refractivity contribution >= 4 is 33.6 Å². The number of hydrogen-bond acceptors (Lipinski definition) is 4. The molecule has 3 rings (SSSR count). The second-order valence-corrected chi connectivity index (χ2v) is 8.37. The molecule has 0 saturated carbocycles. The highest BCUT2D eigenvalue weighted by Gasteiger charge is 2.30. The molecule has 2 aromatic rings. The van der Waals surface area contributed by atoms with Crippen molar-refractivity contribution < 1.29 is 9.53 Å². The first-order chi connectivity index (χ1) is 11.9. The summed E-state index contributed by atoms with van der Waals surface area (Å²) in [5.41, 5.74) is 0.199. The summed E-state index contributed by atoms with van der Waals surface area (Å²) in [6.07, 6.45) is 5.87.